The minimum Gasteiger partial charge on any atom is -0.308 e. The molecule has 0 aliphatic carbocycles. The normalized spacial score (nSPS) is 11.2. The monoisotopic (exact) mass is 402 g/mol. The van der Waals surface area contributed by atoms with Crippen LogP contribution in [0.2, 0.25) is 0 Å². The van der Waals surface area contributed by atoms with Crippen LogP contribution in [-0.2, 0) is 0 Å². The van der Waals surface area contributed by atoms with Crippen LogP contribution in [0.5, 0.6) is 0 Å². The summed E-state index contributed by atoms with van der Waals surface area (Å²) in [6, 6.07) is 8.71. The summed E-state index contributed by atoms with van der Waals surface area (Å²) < 4.78 is 14.2. The van der Waals surface area contributed by atoms with Crippen LogP contribution >= 0.6 is 11.3 Å². The molecule has 0 radical (unpaired) electrons. The third kappa shape index (κ3) is 4.00. The van der Waals surface area contributed by atoms with Crippen molar-refractivity contribution < 1.29 is 14.1 Å². The molecule has 1 aromatic heterocycles. The van der Waals surface area contributed by atoms with Gasteiger partial charge in [-0.1, -0.05) is 17.4 Å². The fourth-order valence-electron chi connectivity index (χ4n) is 2.78. The molecule has 0 saturated carbocycles. The number of amides is 1. The van der Waals surface area contributed by atoms with Crippen LogP contribution in [0.4, 0.5) is 15.2 Å². The molecule has 1 heterocycles. The van der Waals surface area contributed by atoms with Crippen molar-refractivity contribution in [3.8, 4) is 0 Å². The highest BCUT2D eigenvalue weighted by Gasteiger charge is 2.25. The molecule has 0 fully saturated rings. The standard InChI is InChI=1S/C19H19FN4O3S/c1-12-14(5-4-6-16(12)24(26)27)18(25)23(10-9-22(2)3)19-21-15-8-7-13(20)11-17(15)28-19/h4-8,11H,9-10H2,1-3H3. The molecule has 9 heteroatoms. The molecule has 28 heavy (non-hydrogen) atoms. The lowest BCUT2D eigenvalue weighted by Crippen LogP contribution is -2.37. The fourth-order valence-corrected chi connectivity index (χ4v) is 3.80. The first-order valence-electron chi connectivity index (χ1n) is 8.54. The number of hydrogen-bond acceptors (Lipinski definition) is 6. The second-order valence-electron chi connectivity index (χ2n) is 6.58. The Balaban J connectivity index is 2.05. The molecule has 0 aliphatic heterocycles. The summed E-state index contributed by atoms with van der Waals surface area (Å²) in [6.45, 7) is 2.48. The van der Waals surface area contributed by atoms with Crippen molar-refractivity contribution in [3.05, 3.63) is 63.5 Å². The number of nitro groups is 1. The Labute approximate surface area is 165 Å². The molecule has 2 aromatic carbocycles. The number of aromatic nitrogens is 1. The number of nitro benzene ring substituents is 1. The number of anilines is 1. The molecule has 7 nitrogen and oxygen atoms in total. The van der Waals surface area contributed by atoms with E-state index in [4.69, 9.17) is 0 Å². The van der Waals surface area contributed by atoms with E-state index < -0.39 is 4.92 Å². The predicted octanol–water partition coefficient (Wildman–Crippen LogP) is 3.86. The number of carbonyl (C=O) groups excluding carboxylic acids is 1. The molecule has 3 rings (SSSR count). The van der Waals surface area contributed by atoms with Gasteiger partial charge in [-0.15, -0.1) is 0 Å². The number of likely N-dealkylation sites (N-methyl/N-ethyl adjacent to an activating group) is 1. The zero-order valence-electron chi connectivity index (χ0n) is 15.7. The molecule has 146 valence electrons. The van der Waals surface area contributed by atoms with Gasteiger partial charge in [0.05, 0.1) is 15.1 Å². The topological polar surface area (TPSA) is 79.6 Å². The number of benzene rings is 2. The fraction of sp³-hybridized carbons (Fsp3) is 0.263. The lowest BCUT2D eigenvalue weighted by atomic mass is 10.1. The Kier molecular flexibility index (Phi) is 5.66. The van der Waals surface area contributed by atoms with Gasteiger partial charge < -0.3 is 4.90 Å². The van der Waals surface area contributed by atoms with Crippen LogP contribution in [0.3, 0.4) is 0 Å². The molecule has 0 atom stereocenters. The second-order valence-corrected chi connectivity index (χ2v) is 7.58. The van der Waals surface area contributed by atoms with E-state index in [1.807, 2.05) is 19.0 Å². The highest BCUT2D eigenvalue weighted by molar-refractivity contribution is 7.22. The Morgan fingerprint density at radius 2 is 2.00 bits per heavy atom. The van der Waals surface area contributed by atoms with E-state index in [0.29, 0.717) is 34.0 Å². The van der Waals surface area contributed by atoms with Crippen molar-refractivity contribution in [2.75, 3.05) is 32.1 Å². The minimum atomic E-state index is -0.503. The number of carbonyl (C=O) groups is 1. The van der Waals surface area contributed by atoms with E-state index in [0.717, 1.165) is 0 Å². The Bertz CT molecular complexity index is 1050. The van der Waals surface area contributed by atoms with Gasteiger partial charge in [-0.3, -0.25) is 19.8 Å². The maximum absolute atomic E-state index is 13.5. The van der Waals surface area contributed by atoms with Crippen LogP contribution in [0.25, 0.3) is 10.2 Å². The smallest absolute Gasteiger partial charge is 0.273 e. The minimum absolute atomic E-state index is 0.107. The molecule has 1 amide bonds. The van der Waals surface area contributed by atoms with Crippen molar-refractivity contribution in [3.63, 3.8) is 0 Å². The highest BCUT2D eigenvalue weighted by atomic mass is 32.1. The van der Waals surface area contributed by atoms with Gasteiger partial charge in [-0.25, -0.2) is 9.37 Å². The lowest BCUT2D eigenvalue weighted by Gasteiger charge is -2.22. The molecule has 0 saturated heterocycles. The zero-order valence-corrected chi connectivity index (χ0v) is 16.5. The molecule has 0 aliphatic rings. The van der Waals surface area contributed by atoms with Gasteiger partial charge in [-0.05, 0) is 45.3 Å². The van der Waals surface area contributed by atoms with Gasteiger partial charge >= 0.3 is 0 Å². The third-order valence-electron chi connectivity index (χ3n) is 4.32. The van der Waals surface area contributed by atoms with Gasteiger partial charge in [0, 0.05) is 30.3 Å². The highest BCUT2D eigenvalue weighted by Crippen LogP contribution is 2.31. The summed E-state index contributed by atoms with van der Waals surface area (Å²) in [5.74, 6) is -0.744. The summed E-state index contributed by atoms with van der Waals surface area (Å²) in [6.07, 6.45) is 0. The van der Waals surface area contributed by atoms with E-state index in [2.05, 4.69) is 4.98 Å². The average molecular weight is 402 g/mol. The molecule has 0 unspecified atom stereocenters. The van der Waals surface area contributed by atoms with E-state index in [9.17, 15) is 19.3 Å². The zero-order chi connectivity index (χ0) is 20.4. The molecular formula is C19H19FN4O3S. The summed E-state index contributed by atoms with van der Waals surface area (Å²) >= 11 is 1.21. The van der Waals surface area contributed by atoms with E-state index >= 15 is 0 Å². The molecule has 0 bridgehead atoms. The molecule has 3 aromatic rings. The maximum Gasteiger partial charge on any atom is 0.273 e. The van der Waals surface area contributed by atoms with Crippen molar-refractivity contribution >= 4 is 38.3 Å². The Morgan fingerprint density at radius 1 is 1.25 bits per heavy atom. The van der Waals surface area contributed by atoms with Crippen LogP contribution in [0.15, 0.2) is 36.4 Å². The van der Waals surface area contributed by atoms with Crippen molar-refractivity contribution in [2.24, 2.45) is 0 Å². The number of rotatable bonds is 6. The molecular weight excluding hydrogens is 383 g/mol. The molecule has 0 N–H and O–H groups in total. The average Bonchev–Trinajstić information content (AvgIpc) is 3.04. The van der Waals surface area contributed by atoms with Gasteiger partial charge in [0.15, 0.2) is 5.13 Å². The van der Waals surface area contributed by atoms with Crippen molar-refractivity contribution in [1.29, 1.82) is 0 Å². The van der Waals surface area contributed by atoms with E-state index in [-0.39, 0.29) is 23.0 Å². The quantitative estimate of drug-likeness (QED) is 0.462. The van der Waals surface area contributed by atoms with Gasteiger partial charge in [-0.2, -0.15) is 0 Å². The number of fused-ring (bicyclic) bond motifs is 1. The third-order valence-corrected chi connectivity index (χ3v) is 5.36. The van der Waals surface area contributed by atoms with Gasteiger partial charge in [0.1, 0.15) is 5.82 Å². The maximum atomic E-state index is 13.5. The van der Waals surface area contributed by atoms with Crippen molar-refractivity contribution in [2.45, 2.75) is 6.92 Å². The lowest BCUT2D eigenvalue weighted by molar-refractivity contribution is -0.385. The molecule has 0 spiro atoms. The first-order chi connectivity index (χ1) is 13.3. The summed E-state index contributed by atoms with van der Waals surface area (Å²) in [4.78, 5) is 31.9. The first-order valence-corrected chi connectivity index (χ1v) is 9.36. The van der Waals surface area contributed by atoms with Crippen LogP contribution < -0.4 is 4.90 Å². The van der Waals surface area contributed by atoms with E-state index in [1.165, 1.54) is 40.5 Å². The number of thiazole rings is 1. The van der Waals surface area contributed by atoms with E-state index in [1.54, 1.807) is 19.1 Å². The van der Waals surface area contributed by atoms with Crippen LogP contribution in [0, 0.1) is 22.9 Å². The number of halogens is 1. The van der Waals surface area contributed by atoms with Gasteiger partial charge in [0.25, 0.3) is 11.6 Å². The summed E-state index contributed by atoms with van der Waals surface area (Å²) in [5, 5.41) is 11.7. The first kappa shape index (κ1) is 19.8. The summed E-state index contributed by atoms with van der Waals surface area (Å²) in [7, 11) is 3.77. The summed E-state index contributed by atoms with van der Waals surface area (Å²) in [5.41, 5.74) is 1.04. The number of hydrogen-bond donors (Lipinski definition) is 0. The van der Waals surface area contributed by atoms with Gasteiger partial charge in [0.2, 0.25) is 0 Å². The Hall–Kier alpha value is -2.91. The van der Waals surface area contributed by atoms with Crippen LogP contribution in [-0.4, -0.2) is 47.9 Å². The Morgan fingerprint density at radius 3 is 2.68 bits per heavy atom. The largest absolute Gasteiger partial charge is 0.308 e. The predicted molar refractivity (Wildman–Crippen MR) is 108 cm³/mol. The number of nitrogens with zero attached hydrogens (tertiary/aromatic N) is 4. The second kappa shape index (κ2) is 7.99. The van der Waals surface area contributed by atoms with Crippen molar-refractivity contribution in [1.82, 2.24) is 9.88 Å². The van der Waals surface area contributed by atoms with Crippen LogP contribution in [0.1, 0.15) is 15.9 Å². The SMILES string of the molecule is Cc1c(C(=O)N(CCN(C)C)c2nc3ccc(F)cc3s2)cccc1[N+](=O)[O-].